The lowest BCUT2D eigenvalue weighted by Crippen LogP contribution is -2.23. The molecule has 0 aromatic carbocycles. The summed E-state index contributed by atoms with van der Waals surface area (Å²) in [5.74, 6) is -0.352. The van der Waals surface area contributed by atoms with Gasteiger partial charge in [-0.1, -0.05) is 161 Å². The van der Waals surface area contributed by atoms with E-state index in [1.807, 2.05) is 0 Å². The molecule has 0 aromatic heterocycles. The lowest BCUT2D eigenvalue weighted by Gasteiger charge is -2.17. The molecule has 1 unspecified atom stereocenters. The van der Waals surface area contributed by atoms with E-state index in [1.54, 1.807) is 0 Å². The Morgan fingerprint density at radius 1 is 0.545 bits per heavy atom. The second-order valence-electron chi connectivity index (χ2n) is 13.8. The van der Waals surface area contributed by atoms with Crippen molar-refractivity contribution in [2.45, 2.75) is 213 Å². The molecule has 0 bridgehead atoms. The molecule has 258 valence electrons. The van der Waals surface area contributed by atoms with E-state index in [0.29, 0.717) is 12.3 Å². The van der Waals surface area contributed by atoms with E-state index in [-0.39, 0.29) is 17.9 Å². The highest BCUT2D eigenvalue weighted by Gasteiger charge is 2.23. The van der Waals surface area contributed by atoms with Crippen molar-refractivity contribution in [3.05, 3.63) is 12.2 Å². The van der Waals surface area contributed by atoms with Gasteiger partial charge in [0, 0.05) is 12.8 Å². The first-order valence-electron chi connectivity index (χ1n) is 19.3. The Bertz CT molecular complexity index is 668. The van der Waals surface area contributed by atoms with E-state index < -0.39 is 0 Å². The topological polar surface area (TPSA) is 60.4 Å². The highest BCUT2D eigenvalue weighted by atomic mass is 16.6. The van der Waals surface area contributed by atoms with Crippen molar-refractivity contribution in [1.82, 2.24) is 0 Å². The molecule has 0 aliphatic heterocycles. The molecule has 1 atom stereocenters. The van der Waals surface area contributed by atoms with Gasteiger partial charge in [-0.05, 0) is 57.3 Å². The van der Waals surface area contributed by atoms with Crippen LogP contribution < -0.4 is 0 Å². The minimum absolute atomic E-state index is 0.147. The average Bonchev–Trinajstić information content (AvgIpc) is 3.00. The first-order chi connectivity index (χ1) is 21.5. The van der Waals surface area contributed by atoms with Crippen LogP contribution in [0, 0.1) is 11.8 Å². The molecule has 0 heterocycles. The summed E-state index contributed by atoms with van der Waals surface area (Å²) in [6.07, 6.45) is 40.6. The molecule has 0 rings (SSSR count). The van der Waals surface area contributed by atoms with Crippen molar-refractivity contribution in [3.63, 3.8) is 0 Å². The molecule has 0 aliphatic rings. The van der Waals surface area contributed by atoms with Gasteiger partial charge in [0.15, 0.2) is 0 Å². The smallest absolute Gasteiger partial charge is 0.316 e. The van der Waals surface area contributed by atoms with E-state index in [0.717, 1.165) is 70.5 Å². The molecule has 4 heteroatoms. The Morgan fingerprint density at radius 3 is 1.41 bits per heavy atom. The molecule has 0 spiro atoms. The van der Waals surface area contributed by atoms with Crippen molar-refractivity contribution < 1.29 is 19.1 Å². The number of hydrogen-bond acceptors (Lipinski definition) is 4. The molecule has 0 fully saturated rings. The van der Waals surface area contributed by atoms with Crippen molar-refractivity contribution in [3.8, 4) is 0 Å². The normalized spacial score (nSPS) is 12.3. The van der Waals surface area contributed by atoms with Gasteiger partial charge in [0.05, 0.1) is 5.92 Å². The average molecular weight is 619 g/mol. The van der Waals surface area contributed by atoms with Crippen LogP contribution in [0.25, 0.3) is 0 Å². The second kappa shape index (κ2) is 34.4. The molecule has 0 radical (unpaired) electrons. The van der Waals surface area contributed by atoms with Crippen LogP contribution in [-0.4, -0.2) is 18.2 Å². The molecular formula is C40H74O4. The van der Waals surface area contributed by atoms with E-state index in [4.69, 9.17) is 4.74 Å². The fourth-order valence-electron chi connectivity index (χ4n) is 6.05. The zero-order chi connectivity index (χ0) is 32.4. The number of carbonyl (C=O) groups excluding carboxylic acids is 3. The largest absolute Gasteiger partial charge is 0.393 e. The second-order valence-corrected chi connectivity index (χ2v) is 13.8. The summed E-state index contributed by atoms with van der Waals surface area (Å²) in [7, 11) is 0. The molecule has 0 N–H and O–H groups in total. The summed E-state index contributed by atoms with van der Waals surface area (Å²) < 4.78 is 5.31. The number of esters is 2. The van der Waals surface area contributed by atoms with Gasteiger partial charge in [-0.25, -0.2) is 0 Å². The molecule has 4 nitrogen and oxygen atoms in total. The van der Waals surface area contributed by atoms with E-state index in [1.165, 1.54) is 122 Å². The zero-order valence-corrected chi connectivity index (χ0v) is 29.7. The number of carbonyl (C=O) groups is 3. The van der Waals surface area contributed by atoms with Gasteiger partial charge < -0.3 is 9.53 Å². The van der Waals surface area contributed by atoms with Gasteiger partial charge in [0.25, 0.3) is 0 Å². The van der Waals surface area contributed by atoms with E-state index in [9.17, 15) is 14.4 Å². The molecular weight excluding hydrogens is 544 g/mol. The summed E-state index contributed by atoms with van der Waals surface area (Å²) in [4.78, 5) is 35.4. The van der Waals surface area contributed by atoms with Crippen LogP contribution in [-0.2, 0) is 19.1 Å². The van der Waals surface area contributed by atoms with Crippen LogP contribution in [0.5, 0.6) is 0 Å². The lowest BCUT2D eigenvalue weighted by atomic mass is 9.91. The highest BCUT2D eigenvalue weighted by Crippen LogP contribution is 2.22. The number of rotatable bonds is 34. The molecule has 0 aromatic rings. The van der Waals surface area contributed by atoms with Gasteiger partial charge in [0.2, 0.25) is 0 Å². The molecule has 0 saturated heterocycles. The van der Waals surface area contributed by atoms with Crippen molar-refractivity contribution in [2.24, 2.45) is 11.8 Å². The number of unbranched alkanes of at least 4 members (excludes halogenated alkanes) is 24. The minimum Gasteiger partial charge on any atom is -0.393 e. The number of allylic oxidation sites excluding steroid dienone is 2. The minimum atomic E-state index is -0.334. The van der Waals surface area contributed by atoms with Gasteiger partial charge in [-0.15, -0.1) is 0 Å². The van der Waals surface area contributed by atoms with Crippen molar-refractivity contribution in [2.75, 3.05) is 0 Å². The zero-order valence-electron chi connectivity index (χ0n) is 29.7. The number of ether oxygens (including phenoxy) is 1. The van der Waals surface area contributed by atoms with Crippen LogP contribution in [0.3, 0.4) is 0 Å². The number of aldehydes is 1. The van der Waals surface area contributed by atoms with Crippen molar-refractivity contribution >= 4 is 18.2 Å². The third-order valence-corrected chi connectivity index (χ3v) is 8.82. The first kappa shape index (κ1) is 42.6. The van der Waals surface area contributed by atoms with Crippen molar-refractivity contribution in [1.29, 1.82) is 0 Å². The van der Waals surface area contributed by atoms with Gasteiger partial charge in [-0.3, -0.25) is 9.59 Å². The Balaban J connectivity index is 3.78. The van der Waals surface area contributed by atoms with Gasteiger partial charge in [0.1, 0.15) is 6.29 Å². The Hall–Kier alpha value is -1.45. The quantitative estimate of drug-likeness (QED) is 0.0237. The fraction of sp³-hybridized carbons (Fsp3) is 0.875. The molecule has 0 aliphatic carbocycles. The highest BCUT2D eigenvalue weighted by molar-refractivity contribution is 5.86. The maximum Gasteiger partial charge on any atom is 0.316 e. The van der Waals surface area contributed by atoms with Gasteiger partial charge >= 0.3 is 11.9 Å². The monoisotopic (exact) mass is 619 g/mol. The fourth-order valence-corrected chi connectivity index (χ4v) is 6.05. The Kier molecular flexibility index (Phi) is 33.3. The Labute approximate surface area is 274 Å². The maximum absolute atomic E-state index is 12.8. The third kappa shape index (κ3) is 32.0. The van der Waals surface area contributed by atoms with E-state index >= 15 is 0 Å². The van der Waals surface area contributed by atoms with Crippen LogP contribution in [0.2, 0.25) is 0 Å². The Morgan fingerprint density at radius 2 is 0.955 bits per heavy atom. The predicted octanol–water partition coefficient (Wildman–Crippen LogP) is 12.8. The molecule has 44 heavy (non-hydrogen) atoms. The predicted molar refractivity (Wildman–Crippen MR) is 189 cm³/mol. The number of hydrogen-bond donors (Lipinski definition) is 0. The van der Waals surface area contributed by atoms with E-state index in [2.05, 4.69) is 32.9 Å². The molecule has 0 amide bonds. The van der Waals surface area contributed by atoms with Crippen LogP contribution >= 0.6 is 0 Å². The van der Waals surface area contributed by atoms with Gasteiger partial charge in [-0.2, -0.15) is 0 Å². The maximum atomic E-state index is 12.8. The summed E-state index contributed by atoms with van der Waals surface area (Å²) in [6.45, 7) is 6.55. The molecule has 0 saturated carbocycles. The lowest BCUT2D eigenvalue weighted by molar-refractivity contribution is -0.163. The first-order valence-corrected chi connectivity index (χ1v) is 19.3. The summed E-state index contributed by atoms with van der Waals surface area (Å²) >= 11 is 0. The summed E-state index contributed by atoms with van der Waals surface area (Å²) in [5.41, 5.74) is 0. The third-order valence-electron chi connectivity index (χ3n) is 8.82. The van der Waals surface area contributed by atoms with Crippen LogP contribution in [0.4, 0.5) is 0 Å². The van der Waals surface area contributed by atoms with Crippen LogP contribution in [0.15, 0.2) is 12.2 Å². The standard InChI is InChI=1S/C40H74O4/c1-4-5-6-7-8-9-10-11-12-16-19-22-25-28-31-34-39(42)44-40(43)38(36-37(2)3)33-30-27-24-21-18-15-13-14-17-20-23-26-29-32-35-41/h11-12,35,37-38H,4-10,13-34,36H2,1-3H3. The SMILES string of the molecule is CCCCCCCCC=CCCCCCCCC(=O)OC(=O)C(CCCCCCCCCCCCCCCC=O)CC(C)C. The van der Waals surface area contributed by atoms with Crippen LogP contribution in [0.1, 0.15) is 213 Å². The summed E-state index contributed by atoms with van der Waals surface area (Å²) in [5, 5.41) is 0. The summed E-state index contributed by atoms with van der Waals surface area (Å²) in [6, 6.07) is 0.